The van der Waals surface area contributed by atoms with E-state index in [1.165, 1.54) is 10.4 Å². The monoisotopic (exact) mass is 384 g/mol. The van der Waals surface area contributed by atoms with Gasteiger partial charge < -0.3 is 14.8 Å². The van der Waals surface area contributed by atoms with Gasteiger partial charge in [-0.15, -0.1) is 16.4 Å². The summed E-state index contributed by atoms with van der Waals surface area (Å²) in [6.07, 6.45) is 4.60. The summed E-state index contributed by atoms with van der Waals surface area (Å²) >= 11 is 7.95. The van der Waals surface area contributed by atoms with Crippen LogP contribution in [0.2, 0.25) is 4.34 Å². The zero-order chi connectivity index (χ0) is 16.7. The summed E-state index contributed by atoms with van der Waals surface area (Å²) in [6, 6.07) is 2.37. The molecule has 0 radical (unpaired) electrons. The summed E-state index contributed by atoms with van der Waals surface area (Å²) in [4.78, 5) is 1.27. The molecule has 138 valence electrons. The van der Waals surface area contributed by atoms with Gasteiger partial charge in [0.15, 0.2) is 0 Å². The van der Waals surface area contributed by atoms with E-state index in [-0.39, 0.29) is 25.1 Å². The lowest BCUT2D eigenvalue weighted by atomic mass is 9.79. The van der Waals surface area contributed by atoms with Crippen molar-refractivity contribution in [1.82, 2.24) is 20.3 Å². The van der Waals surface area contributed by atoms with Gasteiger partial charge in [-0.3, -0.25) is 4.68 Å². The van der Waals surface area contributed by atoms with Crippen molar-refractivity contribution in [3.63, 3.8) is 0 Å². The van der Waals surface area contributed by atoms with Crippen LogP contribution >= 0.6 is 22.9 Å². The summed E-state index contributed by atoms with van der Waals surface area (Å²) in [5.41, 5.74) is 1.95. The van der Waals surface area contributed by atoms with Gasteiger partial charge in [-0.1, -0.05) is 24.2 Å². The highest BCUT2D eigenvalue weighted by Gasteiger charge is 2.47. The number of piperidine rings is 1. The molecule has 0 aromatic carbocycles. The number of hydrogen-bond acceptors (Lipinski definition) is 6. The second-order valence-corrected chi connectivity index (χ2v) is 8.28. The highest BCUT2D eigenvalue weighted by molar-refractivity contribution is 7.16. The molecule has 0 amide bonds. The van der Waals surface area contributed by atoms with Gasteiger partial charge in [0.25, 0.3) is 0 Å². The Balaban J connectivity index is 0.00000182. The van der Waals surface area contributed by atoms with E-state index in [4.69, 9.17) is 21.1 Å². The Bertz CT molecular complexity index is 734. The molecule has 2 aromatic rings. The van der Waals surface area contributed by atoms with Crippen LogP contribution < -0.4 is 5.32 Å². The van der Waals surface area contributed by atoms with Crippen LogP contribution in [0.15, 0.2) is 12.3 Å². The minimum absolute atomic E-state index is 0. The summed E-state index contributed by atoms with van der Waals surface area (Å²) < 4.78 is 14.4. The van der Waals surface area contributed by atoms with Crippen LogP contribution in [0.25, 0.3) is 0 Å². The van der Waals surface area contributed by atoms with Crippen molar-refractivity contribution < 1.29 is 9.47 Å². The highest BCUT2D eigenvalue weighted by atomic mass is 35.5. The number of aromatic nitrogens is 3. The Hall–Kier alpha value is -0.990. The first kappa shape index (κ1) is 18.8. The maximum atomic E-state index is 6.38. The Morgan fingerprint density at radius 2 is 2.36 bits per heavy atom. The van der Waals surface area contributed by atoms with Gasteiger partial charge >= 0.3 is 0 Å². The Kier molecular flexibility index (Phi) is 5.51. The first-order valence-corrected chi connectivity index (χ1v) is 9.33. The molecule has 2 aliphatic rings. The lowest BCUT2D eigenvalue weighted by Crippen LogP contribution is -2.52. The predicted molar refractivity (Wildman–Crippen MR) is 99.2 cm³/mol. The number of aryl methyl sites for hydroxylation is 1. The summed E-state index contributed by atoms with van der Waals surface area (Å²) in [6.45, 7) is 1.36. The van der Waals surface area contributed by atoms with E-state index in [1.54, 1.807) is 23.1 Å². The lowest BCUT2D eigenvalue weighted by Gasteiger charge is -2.46. The van der Waals surface area contributed by atoms with Crippen LogP contribution in [0, 0.1) is 0 Å². The van der Waals surface area contributed by atoms with Crippen molar-refractivity contribution in [2.24, 2.45) is 7.05 Å². The van der Waals surface area contributed by atoms with Gasteiger partial charge in [-0.05, 0) is 24.5 Å². The minimum atomic E-state index is -0.317. The number of methoxy groups -OCH3 is 1. The van der Waals surface area contributed by atoms with Crippen molar-refractivity contribution in [3.05, 3.63) is 32.7 Å². The molecule has 1 spiro atoms. The van der Waals surface area contributed by atoms with Gasteiger partial charge in [0, 0.05) is 37.7 Å². The average Bonchev–Trinajstić information content (AvgIpc) is 3.14. The van der Waals surface area contributed by atoms with Crippen LogP contribution in [-0.4, -0.2) is 41.4 Å². The smallest absolute Gasteiger partial charge is 0.106 e. The molecule has 3 unspecified atom stereocenters. The zero-order valence-corrected chi connectivity index (χ0v) is 15.4. The first-order valence-electron chi connectivity index (χ1n) is 8.13. The third-order valence-corrected chi connectivity index (χ3v) is 6.33. The Labute approximate surface area is 157 Å². The Morgan fingerprint density at radius 1 is 1.52 bits per heavy atom. The number of halogens is 1. The number of fused-ring (bicyclic) bond motifs is 2. The van der Waals surface area contributed by atoms with Crippen molar-refractivity contribution >= 4 is 22.9 Å². The summed E-state index contributed by atoms with van der Waals surface area (Å²) in [5.74, 6) is 0. The SMILES string of the molecule is C.COCC1CC2(CC(c3cn(C)nn3)N1)OCCc1cc(Cl)sc12. The fraction of sp³-hybridized carbons (Fsp3) is 0.647. The molecule has 0 saturated carbocycles. The lowest BCUT2D eigenvalue weighted by molar-refractivity contribution is -0.102. The molecule has 4 rings (SSSR count). The molecule has 1 saturated heterocycles. The van der Waals surface area contributed by atoms with E-state index in [0.717, 1.165) is 35.9 Å². The van der Waals surface area contributed by atoms with Crippen LogP contribution in [0.3, 0.4) is 0 Å². The quantitative estimate of drug-likeness (QED) is 0.881. The van der Waals surface area contributed by atoms with Gasteiger partial charge in [-0.2, -0.15) is 0 Å². The molecule has 1 N–H and O–H groups in total. The van der Waals surface area contributed by atoms with Gasteiger partial charge in [0.2, 0.25) is 0 Å². The van der Waals surface area contributed by atoms with E-state index >= 15 is 0 Å². The molecule has 4 heterocycles. The van der Waals surface area contributed by atoms with Crippen LogP contribution in [0.1, 0.15) is 42.4 Å². The van der Waals surface area contributed by atoms with Crippen molar-refractivity contribution in [1.29, 1.82) is 0 Å². The predicted octanol–water partition coefficient (Wildman–Crippen LogP) is 3.07. The minimum Gasteiger partial charge on any atom is -0.383 e. The van der Waals surface area contributed by atoms with E-state index in [1.807, 2.05) is 13.2 Å². The number of nitrogens with one attached hydrogen (secondary N) is 1. The maximum absolute atomic E-state index is 6.38. The summed E-state index contributed by atoms with van der Waals surface area (Å²) in [5, 5.41) is 12.0. The van der Waals surface area contributed by atoms with E-state index < -0.39 is 0 Å². The molecule has 25 heavy (non-hydrogen) atoms. The molecule has 2 aromatic heterocycles. The standard InChI is InChI=1S/C16H21ClN4O2S.CH4/c1-21-8-13(19-20-21)12-7-16(6-11(18-12)9-22-2)15-10(3-4-23-16)5-14(17)24-15;/h5,8,11-12,18H,3-4,6-7,9H2,1-2H3;1H4. The molecule has 2 aliphatic heterocycles. The molecular formula is C17H25ClN4O2S. The third-order valence-electron chi connectivity index (χ3n) is 4.83. The molecule has 8 heteroatoms. The molecular weight excluding hydrogens is 360 g/mol. The summed E-state index contributed by atoms with van der Waals surface area (Å²) in [7, 11) is 3.62. The van der Waals surface area contributed by atoms with Crippen LogP contribution in [0.4, 0.5) is 0 Å². The van der Waals surface area contributed by atoms with E-state index in [0.29, 0.717) is 6.61 Å². The van der Waals surface area contributed by atoms with Crippen molar-refractivity contribution in [2.45, 2.75) is 44.4 Å². The normalized spacial score (nSPS) is 28.6. The van der Waals surface area contributed by atoms with E-state index in [2.05, 4.69) is 21.7 Å². The topological polar surface area (TPSA) is 61.2 Å². The van der Waals surface area contributed by atoms with Crippen LogP contribution in [0.5, 0.6) is 0 Å². The van der Waals surface area contributed by atoms with E-state index in [9.17, 15) is 0 Å². The number of rotatable bonds is 3. The Morgan fingerprint density at radius 3 is 3.08 bits per heavy atom. The number of nitrogens with zero attached hydrogens (tertiary/aromatic N) is 3. The van der Waals surface area contributed by atoms with Crippen molar-refractivity contribution in [3.8, 4) is 0 Å². The maximum Gasteiger partial charge on any atom is 0.106 e. The third kappa shape index (κ3) is 3.48. The number of ether oxygens (including phenoxy) is 2. The number of thiophene rings is 1. The average molecular weight is 385 g/mol. The van der Waals surface area contributed by atoms with Gasteiger partial charge in [0.1, 0.15) is 5.60 Å². The largest absolute Gasteiger partial charge is 0.383 e. The molecule has 0 bridgehead atoms. The van der Waals surface area contributed by atoms with Gasteiger partial charge in [-0.25, -0.2) is 0 Å². The highest BCUT2D eigenvalue weighted by Crippen LogP contribution is 2.49. The second kappa shape index (κ2) is 7.32. The molecule has 0 aliphatic carbocycles. The second-order valence-electron chi connectivity index (χ2n) is 6.59. The zero-order valence-electron chi connectivity index (χ0n) is 13.8. The fourth-order valence-electron chi connectivity index (χ4n) is 3.93. The van der Waals surface area contributed by atoms with Crippen LogP contribution in [-0.2, 0) is 28.5 Å². The molecule has 1 fully saturated rings. The van der Waals surface area contributed by atoms with Crippen molar-refractivity contribution in [2.75, 3.05) is 20.3 Å². The fourth-order valence-corrected chi connectivity index (χ4v) is 5.39. The van der Waals surface area contributed by atoms with Gasteiger partial charge in [0.05, 0.1) is 29.3 Å². The molecule has 3 atom stereocenters. The molecule has 6 nitrogen and oxygen atoms in total. The first-order chi connectivity index (χ1) is 11.6. The number of hydrogen-bond donors (Lipinski definition) is 1.